The molecule has 0 radical (unpaired) electrons. The van der Waals surface area contributed by atoms with Crippen molar-refractivity contribution in [1.82, 2.24) is 29.7 Å². The molecule has 18 nitrogen and oxygen atoms in total. The van der Waals surface area contributed by atoms with Crippen LogP contribution in [0.4, 0.5) is 0 Å². The third-order valence-electron chi connectivity index (χ3n) is 16.3. The maximum atomic E-state index is 12.8. The summed E-state index contributed by atoms with van der Waals surface area (Å²) in [6.45, 7) is 8.82. The summed E-state index contributed by atoms with van der Waals surface area (Å²) in [5.41, 5.74) is 12.9. The molecule has 0 aliphatic carbocycles. The zero-order valence-corrected chi connectivity index (χ0v) is 43.7. The molecular formula is C58H72N10O8+4. The fourth-order valence-corrected chi connectivity index (χ4v) is 11.6. The number of pyridine rings is 2. The number of fused-ring (bicyclic) bond motifs is 10. The lowest BCUT2D eigenvalue weighted by Gasteiger charge is -2.40. The first-order valence-electron chi connectivity index (χ1n) is 26.8. The second-order valence-corrected chi connectivity index (χ2v) is 21.0. The van der Waals surface area contributed by atoms with E-state index in [0.717, 1.165) is 152 Å². The molecule has 2 aliphatic rings. The molecule has 12 N–H and O–H groups in total. The van der Waals surface area contributed by atoms with Crippen molar-refractivity contribution in [2.24, 2.45) is 11.8 Å². The van der Waals surface area contributed by atoms with Crippen LogP contribution < -0.4 is 35.8 Å². The number of aliphatic carboxylic acids is 2. The van der Waals surface area contributed by atoms with Crippen molar-refractivity contribution >= 4 is 88.9 Å². The summed E-state index contributed by atoms with van der Waals surface area (Å²) in [4.78, 5) is 52.3. The van der Waals surface area contributed by atoms with Gasteiger partial charge in [-0.3, -0.25) is 9.69 Å². The number of hydrogen-bond donors (Lipinski definition) is 8. The van der Waals surface area contributed by atoms with Gasteiger partial charge in [0.2, 0.25) is 5.91 Å². The van der Waals surface area contributed by atoms with E-state index in [9.17, 15) is 29.7 Å². The number of benzene rings is 4. The van der Waals surface area contributed by atoms with Crippen LogP contribution in [-0.4, -0.2) is 129 Å². The third-order valence-corrected chi connectivity index (χ3v) is 16.3. The van der Waals surface area contributed by atoms with Gasteiger partial charge in [-0.25, -0.2) is 24.1 Å². The lowest BCUT2D eigenvalue weighted by molar-refractivity contribution is -0.695. The van der Waals surface area contributed by atoms with Crippen molar-refractivity contribution in [2.75, 3.05) is 53.5 Å². The number of quaternary nitrogens is 2. The molecule has 2 fully saturated rings. The number of aliphatic hydroxyl groups excluding tert-OH is 1. The molecular weight excluding hydrogens is 965 g/mol. The van der Waals surface area contributed by atoms with Gasteiger partial charge >= 0.3 is 17.8 Å². The van der Waals surface area contributed by atoms with Crippen LogP contribution in [0.25, 0.3) is 65.2 Å². The Labute approximate surface area is 440 Å². The number of carbonyl (C=O) groups excluding carboxylic acids is 1. The van der Waals surface area contributed by atoms with Gasteiger partial charge in [-0.15, -0.1) is 0 Å². The van der Waals surface area contributed by atoms with E-state index in [1.54, 1.807) is 14.2 Å². The molecule has 0 spiro atoms. The van der Waals surface area contributed by atoms with Gasteiger partial charge in [0, 0.05) is 95.4 Å². The average molecular weight is 1040 g/mol. The molecule has 0 bridgehead atoms. The summed E-state index contributed by atoms with van der Waals surface area (Å²) in [5, 5.41) is 40.6. The van der Waals surface area contributed by atoms with E-state index in [4.69, 9.17) is 14.5 Å². The second kappa shape index (κ2) is 22.8. The SMILES string of the molecule is COc1ccc2nc3c(CNC(=O)CC[C@H]([NH3+])C(=O)O)cc4ccn(CCN5CCC(C6CCN(CC[n+]7ccc8cc(C[NH+]=C(O)CC[C@H]([NH3+])C(=O)O)c9[nH]c%10ccc(OC)cc%10c9c8c7)CC6)CC5)cc4c3c2c1. The number of piperidine rings is 2. The lowest BCUT2D eigenvalue weighted by Crippen LogP contribution is -2.72. The zero-order valence-electron chi connectivity index (χ0n) is 43.7. The molecule has 76 heavy (non-hydrogen) atoms. The van der Waals surface area contributed by atoms with Crippen molar-refractivity contribution in [2.45, 2.75) is 89.6 Å². The number of rotatable bonds is 21. The molecule has 8 aromatic rings. The Hall–Kier alpha value is -7.38. The lowest BCUT2D eigenvalue weighted by atomic mass is 9.79. The zero-order chi connectivity index (χ0) is 53.0. The number of aromatic nitrogens is 4. The van der Waals surface area contributed by atoms with E-state index >= 15 is 0 Å². The number of carbonyl (C=O) groups is 3. The molecule has 0 unspecified atom stereocenters. The monoisotopic (exact) mass is 1040 g/mol. The Morgan fingerprint density at radius 3 is 2.11 bits per heavy atom. The summed E-state index contributed by atoms with van der Waals surface area (Å²) in [5.74, 6) is 0.886. The second-order valence-electron chi connectivity index (χ2n) is 21.0. The normalized spacial score (nSPS) is 16.3. The van der Waals surface area contributed by atoms with Crippen LogP contribution in [-0.2, 0) is 40.6 Å². The first-order chi connectivity index (χ1) is 36.8. The van der Waals surface area contributed by atoms with Crippen LogP contribution in [0.15, 0.2) is 85.5 Å². The van der Waals surface area contributed by atoms with E-state index in [-0.39, 0.29) is 44.0 Å². The number of aromatic amines is 1. The number of methoxy groups -OCH3 is 2. The smallest absolute Gasteiger partial charge is 0.362 e. The Morgan fingerprint density at radius 1 is 0.763 bits per heavy atom. The van der Waals surface area contributed by atoms with Crippen molar-refractivity contribution in [3.63, 3.8) is 0 Å². The number of hydrogen-bond acceptors (Lipinski definition) is 8. The first-order valence-corrected chi connectivity index (χ1v) is 26.8. The number of nitrogens with zero attached hydrogens (tertiary/aromatic N) is 5. The predicted molar refractivity (Wildman–Crippen MR) is 291 cm³/mol. The van der Waals surface area contributed by atoms with Gasteiger partial charge in [-0.1, -0.05) is 0 Å². The van der Waals surface area contributed by atoms with Gasteiger partial charge in [0.25, 0.3) is 0 Å². The summed E-state index contributed by atoms with van der Waals surface area (Å²) >= 11 is 0. The number of amides is 1. The average Bonchev–Trinajstić information content (AvgIpc) is 4.05. The fraction of sp³-hybridized carbons (Fsp3) is 0.414. The van der Waals surface area contributed by atoms with Crippen LogP contribution in [0.3, 0.4) is 0 Å². The highest BCUT2D eigenvalue weighted by Gasteiger charge is 2.30. The molecule has 6 heterocycles. The highest BCUT2D eigenvalue weighted by atomic mass is 16.5. The number of aliphatic hydroxyl groups is 1. The summed E-state index contributed by atoms with van der Waals surface area (Å²) < 4.78 is 15.9. The van der Waals surface area contributed by atoms with Crippen molar-refractivity contribution in [3.8, 4) is 11.5 Å². The highest BCUT2D eigenvalue weighted by molar-refractivity contribution is 6.22. The van der Waals surface area contributed by atoms with Crippen molar-refractivity contribution in [1.29, 1.82) is 0 Å². The van der Waals surface area contributed by atoms with Gasteiger partial charge in [0.05, 0.1) is 49.1 Å². The Kier molecular flexibility index (Phi) is 15.7. The number of carboxylic acid groups (broad SMARTS) is 2. The molecule has 4 aromatic heterocycles. The van der Waals surface area contributed by atoms with Gasteiger partial charge < -0.3 is 56.0 Å². The topological polar surface area (TPSA) is 256 Å². The third kappa shape index (κ3) is 11.4. The molecule has 2 aliphatic heterocycles. The molecule has 1 amide bonds. The molecule has 18 heteroatoms. The van der Waals surface area contributed by atoms with Gasteiger partial charge in [0.15, 0.2) is 37.6 Å². The molecule has 0 saturated carbocycles. The van der Waals surface area contributed by atoms with E-state index in [1.165, 1.54) is 25.7 Å². The maximum Gasteiger partial charge on any atom is 0.362 e. The minimum Gasteiger partial charge on any atom is -0.497 e. The van der Waals surface area contributed by atoms with E-state index in [0.29, 0.717) is 6.54 Å². The predicted octanol–water partition coefficient (Wildman–Crippen LogP) is 3.66. The summed E-state index contributed by atoms with van der Waals surface area (Å²) in [6, 6.07) is 19.0. The number of H-pyrrole nitrogens is 1. The van der Waals surface area contributed by atoms with E-state index < -0.39 is 24.0 Å². The minimum atomic E-state index is -1.01. The fourth-order valence-electron chi connectivity index (χ4n) is 11.6. The summed E-state index contributed by atoms with van der Waals surface area (Å²) in [6.07, 6.45) is 14.5. The van der Waals surface area contributed by atoms with Crippen LogP contribution in [0.5, 0.6) is 11.5 Å². The van der Waals surface area contributed by atoms with E-state index in [2.05, 4.69) is 101 Å². The van der Waals surface area contributed by atoms with Gasteiger partial charge in [0.1, 0.15) is 11.5 Å². The van der Waals surface area contributed by atoms with Crippen LogP contribution in [0, 0.1) is 11.8 Å². The molecule has 2 saturated heterocycles. The van der Waals surface area contributed by atoms with E-state index in [1.807, 2.05) is 30.3 Å². The largest absolute Gasteiger partial charge is 0.497 e. The molecule has 2 atom stereocenters. The Morgan fingerprint density at radius 2 is 1.41 bits per heavy atom. The number of carboxylic acids is 2. The highest BCUT2D eigenvalue weighted by Crippen LogP contribution is 2.38. The van der Waals surface area contributed by atoms with Crippen molar-refractivity contribution < 1.29 is 60.2 Å². The van der Waals surface area contributed by atoms with Crippen molar-refractivity contribution in [3.05, 3.63) is 96.6 Å². The van der Waals surface area contributed by atoms with Gasteiger partial charge in [-0.2, -0.15) is 0 Å². The Bertz CT molecular complexity index is 3480. The van der Waals surface area contributed by atoms with Gasteiger partial charge in [-0.05, 0) is 135 Å². The molecule has 4 aromatic carbocycles. The summed E-state index contributed by atoms with van der Waals surface area (Å²) in [7, 11) is 3.34. The Balaban J connectivity index is 0.741. The maximum absolute atomic E-state index is 12.8. The van der Waals surface area contributed by atoms with Crippen LogP contribution >= 0.6 is 0 Å². The van der Waals surface area contributed by atoms with Crippen LogP contribution in [0.2, 0.25) is 0 Å². The minimum absolute atomic E-state index is 0.0451. The molecule has 10 rings (SSSR count). The quantitative estimate of drug-likeness (QED) is 0.0293. The number of ether oxygens (including phenoxy) is 2. The standard InChI is InChI=1S/C58H68N10O8/c1-75-41-3-7-49-43(29-41)53-45-33-67(21-15-37(45)27-39(55(53)63-49)31-61-51(69)9-5-47(59)57(71)72)25-23-65-17-11-35(12-18-65)36-13-19-66(20-14-36)24-26-68-22-16-38-28-40(32-62-52(70)10-6-48(60)58(73)74)56-54(46(38)34-68)44-30-42(76-2)4-8-50(44)64-56/h3-4,7-8,15-16,21-22,27-30,33-36,47-48H,5-6,9-14,17-20,23-26,31-32,59-60H2,1-2H3,(H4,61,62,69,70,71,72,73,74)/p+4/t47-,48-/m0/s1. The molecule has 398 valence electrons. The number of likely N-dealkylation sites (tertiary alicyclic amines) is 2. The number of nitrogens with one attached hydrogen (secondary N) is 3. The first kappa shape index (κ1) is 52.1. The van der Waals surface area contributed by atoms with Crippen LogP contribution in [0.1, 0.15) is 62.5 Å².